The lowest BCUT2D eigenvalue weighted by Gasteiger charge is -2.35. The number of hydrogen-bond acceptors (Lipinski definition) is 4. The molecule has 0 spiro atoms. The van der Waals surface area contributed by atoms with Gasteiger partial charge in [-0.05, 0) is 23.8 Å². The highest BCUT2D eigenvalue weighted by molar-refractivity contribution is 6.33. The maximum Gasteiger partial charge on any atom is 0.410 e. The molecule has 3 rings (SSSR count). The summed E-state index contributed by atoms with van der Waals surface area (Å²) in [4.78, 5) is 16.0. The quantitative estimate of drug-likeness (QED) is 0.843. The predicted octanol–water partition coefficient (Wildman–Crippen LogP) is 3.67. The summed E-state index contributed by atoms with van der Waals surface area (Å²) in [5.74, 6) is 0. The highest BCUT2D eigenvalue weighted by Crippen LogP contribution is 2.27. The van der Waals surface area contributed by atoms with E-state index in [0.29, 0.717) is 36.8 Å². The topological polar surface area (TPSA) is 56.6 Å². The summed E-state index contributed by atoms with van der Waals surface area (Å²) in [7, 11) is 0. The van der Waals surface area contributed by atoms with E-state index in [4.69, 9.17) is 21.6 Å². The van der Waals surface area contributed by atoms with E-state index < -0.39 is 0 Å². The minimum Gasteiger partial charge on any atom is -0.445 e. The summed E-state index contributed by atoms with van der Waals surface area (Å²) in [6.07, 6.45) is -0.297. The van der Waals surface area contributed by atoms with Crippen molar-refractivity contribution in [1.82, 2.24) is 4.90 Å². The SMILES string of the molecule is N#Cc1ccc(N2CCN(C(=O)OCc3ccccc3)CC2)c(Cl)c1. The first kappa shape index (κ1) is 17.1. The van der Waals surface area contributed by atoms with Crippen LogP contribution in [0.4, 0.5) is 10.5 Å². The number of nitrogens with zero attached hydrogens (tertiary/aromatic N) is 3. The van der Waals surface area contributed by atoms with Crippen LogP contribution in [0.2, 0.25) is 5.02 Å². The third-order valence-electron chi connectivity index (χ3n) is 4.16. The lowest BCUT2D eigenvalue weighted by molar-refractivity contribution is 0.0942. The monoisotopic (exact) mass is 355 g/mol. The Hall–Kier alpha value is -2.71. The van der Waals surface area contributed by atoms with Gasteiger partial charge in [-0.15, -0.1) is 0 Å². The van der Waals surface area contributed by atoms with Crippen LogP contribution >= 0.6 is 11.6 Å². The molecule has 0 atom stereocenters. The van der Waals surface area contributed by atoms with Gasteiger partial charge >= 0.3 is 6.09 Å². The molecular weight excluding hydrogens is 338 g/mol. The number of rotatable bonds is 3. The number of carbonyl (C=O) groups excluding carboxylic acids is 1. The number of amides is 1. The Bertz CT molecular complexity index is 781. The first-order valence-electron chi connectivity index (χ1n) is 8.07. The van der Waals surface area contributed by atoms with Crippen molar-refractivity contribution in [1.29, 1.82) is 5.26 Å². The van der Waals surface area contributed by atoms with Crippen molar-refractivity contribution in [2.45, 2.75) is 6.61 Å². The van der Waals surface area contributed by atoms with E-state index in [1.54, 1.807) is 17.0 Å². The molecule has 1 fully saturated rings. The fourth-order valence-corrected chi connectivity index (χ4v) is 3.07. The van der Waals surface area contributed by atoms with Gasteiger partial charge in [0.05, 0.1) is 22.3 Å². The van der Waals surface area contributed by atoms with Gasteiger partial charge in [-0.25, -0.2) is 4.79 Å². The molecule has 1 saturated heterocycles. The zero-order valence-corrected chi connectivity index (χ0v) is 14.4. The van der Waals surface area contributed by atoms with Gasteiger partial charge in [0, 0.05) is 26.2 Å². The summed E-state index contributed by atoms with van der Waals surface area (Å²) < 4.78 is 5.37. The maximum atomic E-state index is 12.2. The highest BCUT2D eigenvalue weighted by Gasteiger charge is 2.23. The number of carbonyl (C=O) groups is 1. The predicted molar refractivity (Wildman–Crippen MR) is 96.6 cm³/mol. The Morgan fingerprint density at radius 1 is 1.12 bits per heavy atom. The summed E-state index contributed by atoms with van der Waals surface area (Å²) in [6, 6.07) is 17.0. The standard InChI is InChI=1S/C19H18ClN3O2/c20-17-12-16(13-21)6-7-18(17)22-8-10-23(11-9-22)19(24)25-14-15-4-2-1-3-5-15/h1-7,12H,8-11,14H2. The zero-order chi connectivity index (χ0) is 17.6. The van der Waals surface area contributed by atoms with Crippen LogP contribution in [0, 0.1) is 11.3 Å². The normalized spacial score (nSPS) is 14.1. The summed E-state index contributed by atoms with van der Waals surface area (Å²) >= 11 is 6.26. The van der Waals surface area contributed by atoms with Gasteiger partial charge in [-0.2, -0.15) is 5.26 Å². The van der Waals surface area contributed by atoms with Crippen LogP contribution in [0.3, 0.4) is 0 Å². The largest absolute Gasteiger partial charge is 0.445 e. The molecule has 2 aromatic rings. The fourth-order valence-electron chi connectivity index (χ4n) is 2.77. The number of piperazine rings is 1. The molecular formula is C19H18ClN3O2. The zero-order valence-electron chi connectivity index (χ0n) is 13.7. The molecule has 1 aliphatic rings. The van der Waals surface area contributed by atoms with Crippen LogP contribution in [0.5, 0.6) is 0 Å². The Balaban J connectivity index is 1.53. The molecule has 0 unspecified atom stereocenters. The van der Waals surface area contributed by atoms with Crippen LogP contribution in [-0.2, 0) is 11.3 Å². The number of nitriles is 1. The van der Waals surface area contributed by atoms with Crippen molar-refractivity contribution in [2.75, 3.05) is 31.1 Å². The third-order valence-corrected chi connectivity index (χ3v) is 4.46. The van der Waals surface area contributed by atoms with Crippen molar-refractivity contribution in [3.8, 4) is 6.07 Å². The maximum absolute atomic E-state index is 12.2. The minimum atomic E-state index is -0.297. The molecule has 1 heterocycles. The first-order valence-corrected chi connectivity index (χ1v) is 8.45. The lowest BCUT2D eigenvalue weighted by atomic mass is 10.2. The van der Waals surface area contributed by atoms with E-state index in [-0.39, 0.29) is 12.7 Å². The van der Waals surface area contributed by atoms with E-state index in [0.717, 1.165) is 11.3 Å². The van der Waals surface area contributed by atoms with Gasteiger partial charge in [0.1, 0.15) is 6.61 Å². The Labute approximate surface area is 152 Å². The van der Waals surface area contributed by atoms with Crippen LogP contribution in [0.1, 0.15) is 11.1 Å². The lowest BCUT2D eigenvalue weighted by Crippen LogP contribution is -2.49. The first-order chi connectivity index (χ1) is 12.2. The van der Waals surface area contributed by atoms with Gasteiger partial charge in [0.15, 0.2) is 0 Å². The number of anilines is 1. The molecule has 1 amide bonds. The van der Waals surface area contributed by atoms with Crippen molar-refractivity contribution < 1.29 is 9.53 Å². The molecule has 6 heteroatoms. The van der Waals surface area contributed by atoms with Gasteiger partial charge in [-0.1, -0.05) is 41.9 Å². The van der Waals surface area contributed by atoms with E-state index in [1.165, 1.54) is 0 Å². The molecule has 5 nitrogen and oxygen atoms in total. The summed E-state index contributed by atoms with van der Waals surface area (Å²) in [5, 5.41) is 9.47. The molecule has 1 aliphatic heterocycles. The Kier molecular flexibility index (Phi) is 5.42. The van der Waals surface area contributed by atoms with Crippen molar-refractivity contribution in [2.24, 2.45) is 0 Å². The number of halogens is 1. The minimum absolute atomic E-state index is 0.279. The van der Waals surface area contributed by atoms with Gasteiger partial charge in [-0.3, -0.25) is 0 Å². The molecule has 0 aromatic heterocycles. The van der Waals surface area contributed by atoms with Crippen LogP contribution in [0.25, 0.3) is 0 Å². The van der Waals surface area contributed by atoms with E-state index in [9.17, 15) is 4.79 Å². The van der Waals surface area contributed by atoms with Gasteiger partial charge in [0.2, 0.25) is 0 Å². The molecule has 0 N–H and O–H groups in total. The average Bonchev–Trinajstić information content (AvgIpc) is 2.67. The Morgan fingerprint density at radius 2 is 1.84 bits per heavy atom. The van der Waals surface area contributed by atoms with Crippen LogP contribution < -0.4 is 4.90 Å². The summed E-state index contributed by atoms with van der Waals surface area (Å²) in [6.45, 7) is 2.77. The van der Waals surface area contributed by atoms with Crippen LogP contribution in [0.15, 0.2) is 48.5 Å². The molecule has 128 valence electrons. The number of benzene rings is 2. The average molecular weight is 356 g/mol. The second-order valence-corrected chi connectivity index (χ2v) is 6.20. The third kappa shape index (κ3) is 4.23. The van der Waals surface area contributed by atoms with Crippen molar-refractivity contribution in [3.05, 3.63) is 64.7 Å². The number of hydrogen-bond donors (Lipinski definition) is 0. The molecule has 0 aliphatic carbocycles. The molecule has 2 aromatic carbocycles. The molecule has 25 heavy (non-hydrogen) atoms. The molecule has 0 bridgehead atoms. The van der Waals surface area contributed by atoms with Gasteiger partial charge < -0.3 is 14.5 Å². The second-order valence-electron chi connectivity index (χ2n) is 5.79. The fraction of sp³-hybridized carbons (Fsp3) is 0.263. The smallest absolute Gasteiger partial charge is 0.410 e. The molecule has 0 saturated carbocycles. The van der Waals surface area contributed by atoms with E-state index in [1.807, 2.05) is 36.4 Å². The second kappa shape index (κ2) is 7.91. The Morgan fingerprint density at radius 3 is 2.48 bits per heavy atom. The number of ether oxygens (including phenoxy) is 1. The van der Waals surface area contributed by atoms with E-state index in [2.05, 4.69) is 11.0 Å². The van der Waals surface area contributed by atoms with Crippen molar-refractivity contribution in [3.63, 3.8) is 0 Å². The van der Waals surface area contributed by atoms with Gasteiger partial charge in [0.25, 0.3) is 0 Å². The summed E-state index contributed by atoms with van der Waals surface area (Å²) in [5.41, 5.74) is 2.40. The van der Waals surface area contributed by atoms with Crippen LogP contribution in [-0.4, -0.2) is 37.2 Å². The van der Waals surface area contributed by atoms with E-state index >= 15 is 0 Å². The highest BCUT2D eigenvalue weighted by atomic mass is 35.5. The van der Waals surface area contributed by atoms with Crippen molar-refractivity contribution >= 4 is 23.4 Å². The molecule has 0 radical (unpaired) electrons.